The van der Waals surface area contributed by atoms with Crippen LogP contribution in [0.25, 0.3) is 0 Å². The molecule has 0 unspecified atom stereocenters. The highest BCUT2D eigenvalue weighted by Crippen LogP contribution is 2.28. The summed E-state index contributed by atoms with van der Waals surface area (Å²) < 4.78 is 5.54. The van der Waals surface area contributed by atoms with Gasteiger partial charge in [0.2, 0.25) is 0 Å². The van der Waals surface area contributed by atoms with Crippen LogP contribution in [0.2, 0.25) is 5.02 Å². The zero-order valence-electron chi connectivity index (χ0n) is 11.5. The lowest BCUT2D eigenvalue weighted by atomic mass is 10.2. The maximum atomic E-state index is 6.19. The highest BCUT2D eigenvalue weighted by Gasteiger charge is 2.03. The summed E-state index contributed by atoms with van der Waals surface area (Å²) in [6, 6.07) is 13.5. The number of anilines is 2. The zero-order chi connectivity index (χ0) is 14.4. The van der Waals surface area contributed by atoms with E-state index in [1.807, 2.05) is 42.5 Å². The molecule has 20 heavy (non-hydrogen) atoms. The Morgan fingerprint density at radius 1 is 1.20 bits per heavy atom. The topological polar surface area (TPSA) is 47.3 Å². The first-order valence-corrected chi connectivity index (χ1v) is 7.08. The third-order valence-electron chi connectivity index (χ3n) is 2.93. The van der Waals surface area contributed by atoms with E-state index in [1.165, 1.54) is 0 Å². The van der Waals surface area contributed by atoms with Crippen molar-refractivity contribution in [1.29, 1.82) is 0 Å². The fourth-order valence-corrected chi connectivity index (χ4v) is 2.07. The van der Waals surface area contributed by atoms with Gasteiger partial charge in [-0.25, -0.2) is 0 Å². The van der Waals surface area contributed by atoms with Gasteiger partial charge in [-0.15, -0.1) is 0 Å². The van der Waals surface area contributed by atoms with E-state index < -0.39 is 0 Å². The molecule has 0 aliphatic rings. The SMILES string of the molecule is CCCOc1ccc(NCc2ccccc2N)cc1Cl. The van der Waals surface area contributed by atoms with E-state index in [0.29, 0.717) is 18.2 Å². The van der Waals surface area contributed by atoms with Gasteiger partial charge in [0.05, 0.1) is 11.6 Å². The molecule has 0 spiro atoms. The molecule has 0 saturated carbocycles. The fourth-order valence-electron chi connectivity index (χ4n) is 1.83. The van der Waals surface area contributed by atoms with Gasteiger partial charge in [-0.05, 0) is 36.2 Å². The number of nitrogen functional groups attached to an aromatic ring is 1. The third-order valence-corrected chi connectivity index (χ3v) is 3.23. The van der Waals surface area contributed by atoms with Gasteiger partial charge in [-0.2, -0.15) is 0 Å². The van der Waals surface area contributed by atoms with Crippen molar-refractivity contribution in [3.05, 3.63) is 53.1 Å². The van der Waals surface area contributed by atoms with Crippen molar-refractivity contribution in [2.75, 3.05) is 17.7 Å². The van der Waals surface area contributed by atoms with Crippen molar-refractivity contribution in [3.63, 3.8) is 0 Å². The van der Waals surface area contributed by atoms with Crippen molar-refractivity contribution in [2.45, 2.75) is 19.9 Å². The summed E-state index contributed by atoms with van der Waals surface area (Å²) in [6.07, 6.45) is 0.962. The molecule has 4 heteroatoms. The van der Waals surface area contributed by atoms with E-state index in [4.69, 9.17) is 22.1 Å². The first kappa shape index (κ1) is 14.5. The average molecular weight is 291 g/mol. The van der Waals surface area contributed by atoms with Crippen molar-refractivity contribution in [1.82, 2.24) is 0 Å². The molecule has 0 fully saturated rings. The number of ether oxygens (including phenoxy) is 1. The van der Waals surface area contributed by atoms with Gasteiger partial charge in [-0.1, -0.05) is 36.7 Å². The van der Waals surface area contributed by atoms with Crippen LogP contribution in [0.5, 0.6) is 5.75 Å². The van der Waals surface area contributed by atoms with Gasteiger partial charge in [0.1, 0.15) is 5.75 Å². The Morgan fingerprint density at radius 2 is 2.00 bits per heavy atom. The molecule has 0 radical (unpaired) electrons. The summed E-state index contributed by atoms with van der Waals surface area (Å²) >= 11 is 6.19. The molecule has 2 aromatic carbocycles. The van der Waals surface area contributed by atoms with E-state index in [-0.39, 0.29) is 0 Å². The molecule has 0 aliphatic heterocycles. The molecular weight excluding hydrogens is 272 g/mol. The Labute approximate surface area is 124 Å². The van der Waals surface area contributed by atoms with Crippen molar-refractivity contribution >= 4 is 23.0 Å². The van der Waals surface area contributed by atoms with Crippen LogP contribution in [0.15, 0.2) is 42.5 Å². The number of para-hydroxylation sites is 1. The van der Waals surface area contributed by atoms with Crippen LogP contribution in [0.4, 0.5) is 11.4 Å². The summed E-state index contributed by atoms with van der Waals surface area (Å²) in [5.41, 5.74) is 8.70. The molecule has 0 heterocycles. The molecule has 0 amide bonds. The van der Waals surface area contributed by atoms with Gasteiger partial charge >= 0.3 is 0 Å². The Kier molecular flexibility index (Phi) is 5.13. The summed E-state index contributed by atoms with van der Waals surface area (Å²) in [4.78, 5) is 0. The molecule has 106 valence electrons. The molecule has 0 bridgehead atoms. The second kappa shape index (κ2) is 7.06. The van der Waals surface area contributed by atoms with Crippen LogP contribution in [0, 0.1) is 0 Å². The van der Waals surface area contributed by atoms with Crippen LogP contribution in [0.3, 0.4) is 0 Å². The summed E-state index contributed by atoms with van der Waals surface area (Å²) in [7, 11) is 0. The third kappa shape index (κ3) is 3.81. The maximum absolute atomic E-state index is 6.19. The first-order valence-electron chi connectivity index (χ1n) is 6.70. The normalized spacial score (nSPS) is 10.3. The predicted molar refractivity (Wildman–Crippen MR) is 85.4 cm³/mol. The minimum Gasteiger partial charge on any atom is -0.492 e. The standard InChI is InChI=1S/C16H19ClN2O/c1-2-9-20-16-8-7-13(10-14(16)17)19-11-12-5-3-4-6-15(12)18/h3-8,10,19H,2,9,11,18H2,1H3. The van der Waals surface area contributed by atoms with Crippen molar-refractivity contribution in [2.24, 2.45) is 0 Å². The van der Waals surface area contributed by atoms with Crippen molar-refractivity contribution in [3.8, 4) is 5.75 Å². The lowest BCUT2D eigenvalue weighted by molar-refractivity contribution is 0.317. The van der Waals surface area contributed by atoms with Gasteiger partial charge in [-0.3, -0.25) is 0 Å². The van der Waals surface area contributed by atoms with Gasteiger partial charge in [0, 0.05) is 17.9 Å². The Bertz CT molecular complexity index is 572. The van der Waals surface area contributed by atoms with Gasteiger partial charge in [0.25, 0.3) is 0 Å². The molecule has 3 N–H and O–H groups in total. The minimum atomic E-state index is 0.615. The molecule has 0 aliphatic carbocycles. The highest BCUT2D eigenvalue weighted by atomic mass is 35.5. The van der Waals surface area contributed by atoms with Crippen LogP contribution in [-0.4, -0.2) is 6.61 Å². The lowest BCUT2D eigenvalue weighted by Crippen LogP contribution is -2.03. The number of hydrogen-bond acceptors (Lipinski definition) is 3. The molecule has 2 aromatic rings. The monoisotopic (exact) mass is 290 g/mol. The van der Waals surface area contributed by atoms with Crippen LogP contribution in [0.1, 0.15) is 18.9 Å². The van der Waals surface area contributed by atoms with E-state index in [2.05, 4.69) is 12.2 Å². The minimum absolute atomic E-state index is 0.615. The number of rotatable bonds is 6. The zero-order valence-corrected chi connectivity index (χ0v) is 12.3. The van der Waals surface area contributed by atoms with Gasteiger partial charge in [0.15, 0.2) is 0 Å². The summed E-state index contributed by atoms with van der Waals surface area (Å²) in [5.74, 6) is 0.721. The van der Waals surface area contributed by atoms with Crippen LogP contribution < -0.4 is 15.8 Å². The molecule has 0 aromatic heterocycles. The van der Waals surface area contributed by atoms with E-state index in [1.54, 1.807) is 0 Å². The molecule has 3 nitrogen and oxygen atoms in total. The molecular formula is C16H19ClN2O. The molecule has 0 atom stereocenters. The Balaban J connectivity index is 2.00. The number of halogens is 1. The number of benzene rings is 2. The van der Waals surface area contributed by atoms with E-state index in [0.717, 1.165) is 29.1 Å². The fraction of sp³-hybridized carbons (Fsp3) is 0.250. The predicted octanol–water partition coefficient (Wildman–Crippen LogP) is 4.32. The summed E-state index contributed by atoms with van der Waals surface area (Å²) in [5, 5.41) is 3.92. The number of nitrogens with two attached hydrogens (primary N) is 1. The quantitative estimate of drug-likeness (QED) is 0.779. The smallest absolute Gasteiger partial charge is 0.138 e. The Morgan fingerprint density at radius 3 is 2.70 bits per heavy atom. The maximum Gasteiger partial charge on any atom is 0.138 e. The largest absolute Gasteiger partial charge is 0.492 e. The first-order chi connectivity index (χ1) is 9.70. The van der Waals surface area contributed by atoms with Crippen LogP contribution in [-0.2, 0) is 6.54 Å². The van der Waals surface area contributed by atoms with Gasteiger partial charge < -0.3 is 15.8 Å². The Hall–Kier alpha value is -1.87. The number of hydrogen-bond donors (Lipinski definition) is 2. The number of nitrogens with one attached hydrogen (secondary N) is 1. The van der Waals surface area contributed by atoms with Crippen LogP contribution >= 0.6 is 11.6 Å². The highest BCUT2D eigenvalue weighted by molar-refractivity contribution is 6.32. The lowest BCUT2D eigenvalue weighted by Gasteiger charge is -2.11. The van der Waals surface area contributed by atoms with E-state index >= 15 is 0 Å². The van der Waals surface area contributed by atoms with E-state index in [9.17, 15) is 0 Å². The molecule has 2 rings (SSSR count). The molecule has 0 saturated heterocycles. The summed E-state index contributed by atoms with van der Waals surface area (Å²) in [6.45, 7) is 3.40. The average Bonchev–Trinajstić information content (AvgIpc) is 2.45. The second-order valence-corrected chi connectivity index (χ2v) is 4.95. The second-order valence-electron chi connectivity index (χ2n) is 4.55. The van der Waals surface area contributed by atoms with Crippen molar-refractivity contribution < 1.29 is 4.74 Å².